The lowest BCUT2D eigenvalue weighted by atomic mass is 9.85. The second-order valence-electron chi connectivity index (χ2n) is 10.6. The van der Waals surface area contributed by atoms with E-state index in [1.165, 1.54) is 30.2 Å². The minimum Gasteiger partial charge on any atom is -0.507 e. The average molecular weight is 548 g/mol. The molecule has 1 fully saturated rings. The normalized spacial score (nSPS) is 17.3. The lowest BCUT2D eigenvalue weighted by Crippen LogP contribution is -2.30. The van der Waals surface area contributed by atoms with Crippen LogP contribution in [-0.4, -0.2) is 33.9 Å². The zero-order valence-corrected chi connectivity index (χ0v) is 22.9. The predicted molar refractivity (Wildman–Crippen MR) is 149 cm³/mol. The van der Waals surface area contributed by atoms with E-state index in [4.69, 9.17) is 16.3 Å². The first-order valence-electron chi connectivity index (χ1n) is 12.3. The quantitative estimate of drug-likeness (QED) is 0.170. The van der Waals surface area contributed by atoms with Crippen molar-refractivity contribution in [1.29, 1.82) is 0 Å². The number of halogens is 2. The van der Waals surface area contributed by atoms with Crippen LogP contribution in [0, 0.1) is 12.7 Å². The molecule has 1 atom stereocenters. The van der Waals surface area contributed by atoms with Crippen LogP contribution in [0.25, 0.3) is 16.8 Å². The van der Waals surface area contributed by atoms with Crippen LogP contribution in [0.2, 0.25) is 5.02 Å². The van der Waals surface area contributed by atoms with Gasteiger partial charge in [0, 0.05) is 0 Å². The van der Waals surface area contributed by atoms with E-state index in [1.807, 2.05) is 24.3 Å². The Bertz CT molecular complexity index is 1670. The number of benzene rings is 3. The molecule has 0 spiro atoms. The maximum absolute atomic E-state index is 13.9. The van der Waals surface area contributed by atoms with Crippen LogP contribution in [0.4, 0.5) is 10.3 Å². The van der Waals surface area contributed by atoms with Crippen molar-refractivity contribution >= 4 is 46.0 Å². The van der Waals surface area contributed by atoms with Crippen molar-refractivity contribution in [3.05, 3.63) is 93.3 Å². The largest absolute Gasteiger partial charge is 0.507 e. The Hall–Kier alpha value is -4.17. The molecule has 2 heterocycles. The third-order valence-corrected chi connectivity index (χ3v) is 7.12. The summed E-state index contributed by atoms with van der Waals surface area (Å²) in [6.07, 6.45) is 0. The van der Waals surface area contributed by atoms with Gasteiger partial charge in [0.2, 0.25) is 5.95 Å². The third-order valence-electron chi connectivity index (χ3n) is 6.84. The third kappa shape index (κ3) is 4.55. The van der Waals surface area contributed by atoms with E-state index >= 15 is 0 Å². The molecule has 200 valence electrons. The van der Waals surface area contributed by atoms with Gasteiger partial charge in [-0.1, -0.05) is 56.6 Å². The first-order chi connectivity index (χ1) is 18.4. The van der Waals surface area contributed by atoms with Crippen LogP contribution in [0.3, 0.4) is 0 Å². The van der Waals surface area contributed by atoms with E-state index in [1.54, 1.807) is 19.1 Å². The number of ketones is 1. The number of fused-ring (bicyclic) bond motifs is 1. The number of nitrogens with one attached hydrogen (secondary N) is 1. The number of carbonyl (C=O) groups excluding carboxylic acids is 2. The number of anilines is 1. The summed E-state index contributed by atoms with van der Waals surface area (Å²) in [5.41, 5.74) is 3.04. The summed E-state index contributed by atoms with van der Waals surface area (Å²) in [6, 6.07) is 13.8. The van der Waals surface area contributed by atoms with Gasteiger partial charge in [0.05, 0.1) is 40.3 Å². The highest BCUT2D eigenvalue weighted by Gasteiger charge is 2.48. The zero-order valence-electron chi connectivity index (χ0n) is 22.1. The second kappa shape index (κ2) is 9.54. The van der Waals surface area contributed by atoms with Crippen LogP contribution in [-0.2, 0) is 15.0 Å². The van der Waals surface area contributed by atoms with E-state index in [2.05, 4.69) is 30.7 Å². The van der Waals surface area contributed by atoms with Crippen LogP contribution < -0.4 is 9.64 Å². The van der Waals surface area contributed by atoms with Crippen molar-refractivity contribution in [2.45, 2.75) is 39.2 Å². The predicted octanol–water partition coefficient (Wildman–Crippen LogP) is 6.60. The Balaban J connectivity index is 1.76. The van der Waals surface area contributed by atoms with Gasteiger partial charge in [0.15, 0.2) is 0 Å². The minimum absolute atomic E-state index is 0.0517. The molecule has 1 aromatic heterocycles. The number of carbonyl (C=O) groups is 2. The summed E-state index contributed by atoms with van der Waals surface area (Å²) >= 11 is 6.38. The van der Waals surface area contributed by atoms with Gasteiger partial charge in [-0.3, -0.25) is 14.5 Å². The molecule has 2 N–H and O–H groups in total. The maximum atomic E-state index is 13.9. The number of amides is 1. The zero-order chi connectivity index (χ0) is 28.2. The number of aliphatic hydroxyl groups is 1. The number of imidazole rings is 1. The molecule has 0 radical (unpaired) electrons. The van der Waals surface area contributed by atoms with Gasteiger partial charge in [-0.15, -0.1) is 0 Å². The summed E-state index contributed by atoms with van der Waals surface area (Å²) in [4.78, 5) is 35.7. The number of H-pyrrole nitrogens is 1. The van der Waals surface area contributed by atoms with E-state index in [0.29, 0.717) is 16.6 Å². The topological polar surface area (TPSA) is 95.5 Å². The fourth-order valence-corrected chi connectivity index (χ4v) is 5.22. The number of nitrogens with zero attached hydrogens (tertiary/aromatic N) is 2. The molecule has 1 aliphatic heterocycles. The Morgan fingerprint density at radius 1 is 1.10 bits per heavy atom. The van der Waals surface area contributed by atoms with Gasteiger partial charge in [-0.25, -0.2) is 9.37 Å². The molecule has 39 heavy (non-hydrogen) atoms. The number of aryl methyl sites for hydroxylation is 1. The van der Waals surface area contributed by atoms with Crippen LogP contribution in [0.5, 0.6) is 5.75 Å². The summed E-state index contributed by atoms with van der Waals surface area (Å²) in [7, 11) is 1.40. The Morgan fingerprint density at radius 2 is 1.79 bits per heavy atom. The van der Waals surface area contributed by atoms with Crippen molar-refractivity contribution < 1.29 is 23.8 Å². The fourth-order valence-electron chi connectivity index (χ4n) is 4.87. The SMILES string of the molecule is COc1c(Cl)cc(C)cc1/C(O)=C1\C(=O)C(=O)N(c2nc3ccc(F)cc3[nH]2)C1c1ccc(C(C)(C)C)cc1. The molecule has 3 aromatic carbocycles. The number of methoxy groups -OCH3 is 1. The molecule has 1 unspecified atom stereocenters. The monoisotopic (exact) mass is 547 g/mol. The number of Topliss-reactive ketones (excluding diaryl/α,β-unsaturated/α-hetero) is 1. The van der Waals surface area contributed by atoms with Crippen LogP contribution in [0.1, 0.15) is 49.1 Å². The molecule has 9 heteroatoms. The number of hydrogen-bond acceptors (Lipinski definition) is 5. The lowest BCUT2D eigenvalue weighted by molar-refractivity contribution is -0.132. The standard InChI is InChI=1S/C30H27ClFN3O4/c1-15-12-19(27(39-5)20(31)13-15)25(36)23-24(16-6-8-17(9-7-16)30(2,3)4)35(28(38)26(23)37)29-33-21-11-10-18(32)14-22(21)34-29/h6-14,24,36H,1-5H3,(H,33,34)/b25-23+. The first-order valence-corrected chi connectivity index (χ1v) is 12.7. The number of aromatic amines is 1. The van der Waals surface area contributed by atoms with E-state index in [-0.39, 0.29) is 33.3 Å². The van der Waals surface area contributed by atoms with Crippen LogP contribution in [0.15, 0.2) is 60.2 Å². The maximum Gasteiger partial charge on any atom is 0.302 e. The Labute approximate surface area is 229 Å². The first kappa shape index (κ1) is 26.4. The van der Waals surface area contributed by atoms with Crippen molar-refractivity contribution in [1.82, 2.24) is 9.97 Å². The van der Waals surface area contributed by atoms with Crippen molar-refractivity contribution in [2.75, 3.05) is 12.0 Å². The van der Waals surface area contributed by atoms with E-state index in [9.17, 15) is 19.1 Å². The second-order valence-corrected chi connectivity index (χ2v) is 11.0. The summed E-state index contributed by atoms with van der Waals surface area (Å²) in [5, 5.41) is 11.8. The van der Waals surface area contributed by atoms with Crippen molar-refractivity contribution in [3.8, 4) is 5.75 Å². The minimum atomic E-state index is -1.03. The summed E-state index contributed by atoms with van der Waals surface area (Å²) < 4.78 is 19.3. The highest BCUT2D eigenvalue weighted by Crippen LogP contribution is 2.44. The molecule has 1 aliphatic rings. The van der Waals surface area contributed by atoms with Gasteiger partial charge in [0.1, 0.15) is 17.3 Å². The number of hydrogen-bond donors (Lipinski definition) is 2. The molecule has 1 saturated heterocycles. The molecule has 7 nitrogen and oxygen atoms in total. The highest BCUT2D eigenvalue weighted by molar-refractivity contribution is 6.51. The summed E-state index contributed by atoms with van der Waals surface area (Å²) in [6.45, 7) is 8.02. The van der Waals surface area contributed by atoms with Gasteiger partial charge in [-0.05, 0) is 59.4 Å². The Kier molecular flexibility index (Phi) is 6.47. The average Bonchev–Trinajstić information content (AvgIpc) is 3.40. The summed E-state index contributed by atoms with van der Waals surface area (Å²) in [5.74, 6) is -2.46. The number of ether oxygens (including phenoxy) is 1. The molecule has 0 saturated carbocycles. The number of aliphatic hydroxyl groups excluding tert-OH is 1. The Morgan fingerprint density at radius 3 is 2.44 bits per heavy atom. The number of rotatable bonds is 4. The van der Waals surface area contributed by atoms with Gasteiger partial charge >= 0.3 is 5.91 Å². The molecule has 1 amide bonds. The van der Waals surface area contributed by atoms with Crippen molar-refractivity contribution in [3.63, 3.8) is 0 Å². The number of aromatic nitrogens is 2. The molecular formula is C30H27ClFN3O4. The highest BCUT2D eigenvalue weighted by atomic mass is 35.5. The molecule has 4 aromatic rings. The van der Waals surface area contributed by atoms with Gasteiger partial charge in [-0.2, -0.15) is 0 Å². The molecular weight excluding hydrogens is 521 g/mol. The van der Waals surface area contributed by atoms with E-state index in [0.717, 1.165) is 11.1 Å². The van der Waals surface area contributed by atoms with Crippen LogP contribution >= 0.6 is 11.6 Å². The molecule has 5 rings (SSSR count). The van der Waals surface area contributed by atoms with Gasteiger partial charge in [0.25, 0.3) is 5.78 Å². The molecule has 0 aliphatic carbocycles. The smallest absolute Gasteiger partial charge is 0.302 e. The lowest BCUT2D eigenvalue weighted by Gasteiger charge is -2.25. The fraction of sp³-hybridized carbons (Fsp3) is 0.233. The van der Waals surface area contributed by atoms with E-state index < -0.39 is 29.3 Å². The molecule has 0 bridgehead atoms. The van der Waals surface area contributed by atoms with Gasteiger partial charge < -0.3 is 14.8 Å². The van der Waals surface area contributed by atoms with Crippen molar-refractivity contribution in [2.24, 2.45) is 0 Å².